The maximum Gasteiger partial charge on any atom is 0.263 e. The molecule has 1 aromatic carbocycles. The highest BCUT2D eigenvalue weighted by atomic mass is 32.1. The number of nitrogens with zero attached hydrogens (tertiary/aromatic N) is 3. The minimum atomic E-state index is -0.166. The van der Waals surface area contributed by atoms with Crippen LogP contribution in [0.5, 0.6) is 0 Å². The summed E-state index contributed by atoms with van der Waals surface area (Å²) in [6.45, 7) is 6.13. The van der Waals surface area contributed by atoms with E-state index in [4.69, 9.17) is 0 Å². The maximum absolute atomic E-state index is 13.5. The Morgan fingerprint density at radius 2 is 1.84 bits per heavy atom. The Kier molecular flexibility index (Phi) is 6.29. The van der Waals surface area contributed by atoms with Gasteiger partial charge >= 0.3 is 0 Å². The molecule has 1 saturated carbocycles. The van der Waals surface area contributed by atoms with Crippen molar-refractivity contribution >= 4 is 51.0 Å². The molecule has 0 radical (unpaired) electrons. The van der Waals surface area contributed by atoms with Crippen molar-refractivity contribution < 1.29 is 9.59 Å². The normalized spacial score (nSPS) is 17.2. The van der Waals surface area contributed by atoms with Crippen molar-refractivity contribution in [2.24, 2.45) is 0 Å². The molecule has 2 amide bonds. The van der Waals surface area contributed by atoms with E-state index in [0.717, 1.165) is 57.5 Å². The van der Waals surface area contributed by atoms with E-state index >= 15 is 0 Å². The largest absolute Gasteiger partial charge is 0.351 e. The summed E-state index contributed by atoms with van der Waals surface area (Å²) in [5.74, 6) is -0.160. The molecule has 6 rings (SSSR count). The number of thiophene rings is 1. The van der Waals surface area contributed by atoms with Crippen molar-refractivity contribution in [1.82, 2.24) is 30.2 Å². The van der Waals surface area contributed by atoms with Crippen LogP contribution in [-0.4, -0.2) is 43.4 Å². The monoisotopic (exact) mass is 524 g/mol. The number of aromatic amines is 1. The second-order valence-electron chi connectivity index (χ2n) is 9.53. The van der Waals surface area contributed by atoms with Crippen LogP contribution in [0.2, 0.25) is 0 Å². The fraction of sp³-hybridized carbons (Fsp3) is 0.241. The van der Waals surface area contributed by atoms with Gasteiger partial charge in [-0.15, -0.1) is 11.3 Å². The van der Waals surface area contributed by atoms with Gasteiger partial charge in [0.2, 0.25) is 5.91 Å². The van der Waals surface area contributed by atoms with Gasteiger partial charge in [-0.05, 0) is 37.5 Å². The van der Waals surface area contributed by atoms with Crippen molar-refractivity contribution in [3.05, 3.63) is 71.3 Å². The van der Waals surface area contributed by atoms with Gasteiger partial charge < -0.3 is 15.6 Å². The minimum absolute atomic E-state index is 0.00605. The highest BCUT2D eigenvalue weighted by molar-refractivity contribution is 7.21. The van der Waals surface area contributed by atoms with Crippen LogP contribution < -0.4 is 16.1 Å². The molecular weight excluding hydrogens is 496 g/mol. The zero-order valence-electron chi connectivity index (χ0n) is 21.0. The summed E-state index contributed by atoms with van der Waals surface area (Å²) in [6.07, 6.45) is 6.65. The number of aromatic nitrogens is 4. The van der Waals surface area contributed by atoms with E-state index in [-0.39, 0.29) is 23.9 Å². The molecule has 1 aliphatic rings. The molecule has 0 bridgehead atoms. The van der Waals surface area contributed by atoms with Crippen LogP contribution in [0, 0.1) is 0 Å². The first-order valence-corrected chi connectivity index (χ1v) is 13.6. The second-order valence-corrected chi connectivity index (χ2v) is 10.5. The highest BCUT2D eigenvalue weighted by Gasteiger charge is 2.31. The number of carbonyl (C=O) groups is 2. The number of amides is 2. The highest BCUT2D eigenvalue weighted by Crippen LogP contribution is 2.34. The summed E-state index contributed by atoms with van der Waals surface area (Å²) in [5, 5.41) is 7.11. The van der Waals surface area contributed by atoms with Crippen LogP contribution in [0.4, 0.5) is 0 Å². The van der Waals surface area contributed by atoms with E-state index in [1.54, 1.807) is 12.4 Å². The molecule has 1 fully saturated rings. The lowest BCUT2D eigenvalue weighted by Gasteiger charge is -2.22. The Hall–Kier alpha value is -4.24. The number of rotatable bonds is 6. The fourth-order valence-corrected chi connectivity index (χ4v) is 6.31. The molecular formula is C29H28N6O2S. The van der Waals surface area contributed by atoms with Crippen molar-refractivity contribution in [3.8, 4) is 16.9 Å². The number of pyridine rings is 2. The number of benzene rings is 1. The molecule has 8 nitrogen and oxygen atoms in total. The van der Waals surface area contributed by atoms with E-state index in [1.807, 2.05) is 60.0 Å². The molecule has 1 aliphatic carbocycles. The molecule has 5 aromatic rings. The molecule has 4 heterocycles. The summed E-state index contributed by atoms with van der Waals surface area (Å²) in [4.78, 5) is 39.3. The summed E-state index contributed by atoms with van der Waals surface area (Å²) < 4.78 is 2.03. The Balaban J connectivity index is 1.40. The van der Waals surface area contributed by atoms with Crippen molar-refractivity contribution in [2.75, 3.05) is 0 Å². The lowest BCUT2D eigenvalue weighted by Crippen LogP contribution is -2.48. The number of hydrogen-bond acceptors (Lipinski definition) is 5. The van der Waals surface area contributed by atoms with Crippen LogP contribution in [0.3, 0.4) is 0 Å². The molecule has 4 aromatic heterocycles. The van der Waals surface area contributed by atoms with E-state index < -0.39 is 0 Å². The summed E-state index contributed by atoms with van der Waals surface area (Å²) >= 11 is 1.36. The van der Waals surface area contributed by atoms with Gasteiger partial charge in [-0.2, -0.15) is 0 Å². The quantitative estimate of drug-likeness (QED) is 0.304. The van der Waals surface area contributed by atoms with Crippen LogP contribution in [0.15, 0.2) is 60.9 Å². The average Bonchev–Trinajstić information content (AvgIpc) is 3.54. The third-order valence-electron chi connectivity index (χ3n) is 7.13. The average molecular weight is 525 g/mol. The predicted molar refractivity (Wildman–Crippen MR) is 151 cm³/mol. The lowest BCUT2D eigenvalue weighted by molar-refractivity contribution is -0.121. The van der Waals surface area contributed by atoms with Gasteiger partial charge in [0.1, 0.15) is 15.2 Å². The Bertz CT molecular complexity index is 1720. The molecule has 9 heteroatoms. The molecule has 0 unspecified atom stereocenters. The SMILES string of the molecule is C=c1[nH]c2c(C(=O)N[C@H]3CCC[C@H]3NC(=O)CC)sc3nccc(c32)n1-c1ccnc(-c2ccccc2)c1. The fourth-order valence-electron chi connectivity index (χ4n) is 5.29. The van der Waals surface area contributed by atoms with Crippen LogP contribution >= 0.6 is 11.3 Å². The molecule has 192 valence electrons. The van der Waals surface area contributed by atoms with Gasteiger partial charge in [-0.25, -0.2) is 4.98 Å². The van der Waals surface area contributed by atoms with Gasteiger partial charge in [-0.1, -0.05) is 43.8 Å². The molecule has 0 saturated heterocycles. The van der Waals surface area contributed by atoms with Crippen molar-refractivity contribution in [3.63, 3.8) is 0 Å². The summed E-state index contributed by atoms with van der Waals surface area (Å²) in [5.41, 5.74) is 5.06. The molecule has 0 aliphatic heterocycles. The molecule has 2 atom stereocenters. The van der Waals surface area contributed by atoms with Gasteiger partial charge in [0.15, 0.2) is 0 Å². The third-order valence-corrected chi connectivity index (χ3v) is 8.22. The number of H-pyrrole nitrogens is 1. The number of hydrogen-bond donors (Lipinski definition) is 3. The van der Waals surface area contributed by atoms with Crippen LogP contribution in [0.1, 0.15) is 42.3 Å². The standard InChI is InChI=1S/C29H28N6O2S/c1-3-24(36)33-20-10-7-11-21(20)34-28(37)27-26-25-23(13-15-31-29(25)38-27)35(17(2)32-26)19-12-14-30-22(16-19)18-8-5-4-6-9-18/h4-6,8-9,12-16,20-21,32H,2-3,7,10-11H2,1H3,(H,33,36)(H,34,37)/t20-,21+/m1/s1. The van der Waals surface area contributed by atoms with E-state index in [0.29, 0.717) is 16.8 Å². The zero-order valence-corrected chi connectivity index (χ0v) is 21.8. The Morgan fingerprint density at radius 3 is 2.63 bits per heavy atom. The summed E-state index contributed by atoms with van der Waals surface area (Å²) in [7, 11) is 0. The van der Waals surface area contributed by atoms with Crippen molar-refractivity contribution in [1.29, 1.82) is 0 Å². The maximum atomic E-state index is 13.5. The lowest BCUT2D eigenvalue weighted by atomic mass is 10.1. The smallest absolute Gasteiger partial charge is 0.263 e. The van der Waals surface area contributed by atoms with E-state index in [1.165, 1.54) is 11.3 Å². The second kappa shape index (κ2) is 9.90. The number of nitrogens with one attached hydrogen (secondary N) is 3. The predicted octanol–water partition coefficient (Wildman–Crippen LogP) is 4.50. The molecule has 0 spiro atoms. The van der Waals surface area contributed by atoms with Gasteiger partial charge in [-0.3, -0.25) is 19.1 Å². The van der Waals surface area contributed by atoms with Crippen LogP contribution in [-0.2, 0) is 4.79 Å². The Morgan fingerprint density at radius 1 is 1.08 bits per heavy atom. The number of carbonyl (C=O) groups excluding carboxylic acids is 2. The first kappa shape index (κ1) is 24.1. The van der Waals surface area contributed by atoms with Gasteiger partial charge in [0.25, 0.3) is 5.91 Å². The molecule has 3 N–H and O–H groups in total. The first-order valence-electron chi connectivity index (χ1n) is 12.8. The van der Waals surface area contributed by atoms with Gasteiger partial charge in [0, 0.05) is 36.5 Å². The Labute approximate surface area is 223 Å². The first-order chi connectivity index (χ1) is 18.5. The summed E-state index contributed by atoms with van der Waals surface area (Å²) in [6, 6.07) is 15.8. The zero-order chi connectivity index (χ0) is 26.2. The van der Waals surface area contributed by atoms with Crippen LogP contribution in [0.25, 0.3) is 44.8 Å². The minimum Gasteiger partial charge on any atom is -0.351 e. The van der Waals surface area contributed by atoms with E-state index in [2.05, 4.69) is 32.2 Å². The third kappa shape index (κ3) is 4.28. The van der Waals surface area contributed by atoms with Crippen molar-refractivity contribution in [2.45, 2.75) is 44.7 Å². The topological polar surface area (TPSA) is 105 Å². The van der Waals surface area contributed by atoms with Gasteiger partial charge in [0.05, 0.1) is 27.8 Å². The van der Waals surface area contributed by atoms with E-state index in [9.17, 15) is 9.59 Å². The molecule has 38 heavy (non-hydrogen) atoms.